The Bertz CT molecular complexity index is 266. The SMILES string of the molecule is CCC1NCC(=O)N1C(C)CN1CCOCC1. The molecule has 0 bridgehead atoms. The average Bonchev–Trinajstić information content (AvgIpc) is 2.71. The number of carbonyl (C=O) groups is 1. The van der Waals surface area contributed by atoms with Gasteiger partial charge in [0.25, 0.3) is 0 Å². The van der Waals surface area contributed by atoms with E-state index >= 15 is 0 Å². The number of nitrogens with one attached hydrogen (secondary N) is 1. The normalized spacial score (nSPS) is 28.7. The quantitative estimate of drug-likeness (QED) is 0.745. The average molecular weight is 241 g/mol. The van der Waals surface area contributed by atoms with E-state index in [0.717, 1.165) is 39.3 Å². The minimum absolute atomic E-state index is 0.221. The van der Waals surface area contributed by atoms with Crippen LogP contribution in [-0.2, 0) is 9.53 Å². The number of hydrogen-bond donors (Lipinski definition) is 1. The maximum Gasteiger partial charge on any atom is 0.238 e. The van der Waals surface area contributed by atoms with Gasteiger partial charge in [-0.05, 0) is 13.3 Å². The molecule has 5 heteroatoms. The van der Waals surface area contributed by atoms with Crippen LogP contribution >= 0.6 is 0 Å². The van der Waals surface area contributed by atoms with Crippen molar-refractivity contribution in [3.05, 3.63) is 0 Å². The van der Waals surface area contributed by atoms with Gasteiger partial charge in [0.2, 0.25) is 5.91 Å². The zero-order valence-electron chi connectivity index (χ0n) is 10.8. The summed E-state index contributed by atoms with van der Waals surface area (Å²) in [7, 11) is 0. The molecule has 0 spiro atoms. The van der Waals surface area contributed by atoms with Crippen molar-refractivity contribution in [2.45, 2.75) is 32.5 Å². The van der Waals surface area contributed by atoms with Crippen molar-refractivity contribution in [1.29, 1.82) is 0 Å². The van der Waals surface area contributed by atoms with Crippen LogP contribution in [0.5, 0.6) is 0 Å². The summed E-state index contributed by atoms with van der Waals surface area (Å²) in [6, 6.07) is 0.278. The number of morpholine rings is 1. The molecular weight excluding hydrogens is 218 g/mol. The molecule has 2 saturated heterocycles. The Morgan fingerprint density at radius 3 is 2.82 bits per heavy atom. The van der Waals surface area contributed by atoms with Crippen LogP contribution in [0, 0.1) is 0 Å². The zero-order valence-corrected chi connectivity index (χ0v) is 10.8. The largest absolute Gasteiger partial charge is 0.379 e. The summed E-state index contributed by atoms with van der Waals surface area (Å²) < 4.78 is 5.34. The molecule has 0 aromatic heterocycles. The second-order valence-electron chi connectivity index (χ2n) is 4.87. The molecule has 2 aliphatic heterocycles. The van der Waals surface area contributed by atoms with E-state index in [9.17, 15) is 4.79 Å². The Hall–Kier alpha value is -0.650. The summed E-state index contributed by atoms with van der Waals surface area (Å²) in [5.74, 6) is 0.234. The van der Waals surface area contributed by atoms with Gasteiger partial charge in [-0.3, -0.25) is 15.0 Å². The summed E-state index contributed by atoms with van der Waals surface area (Å²) >= 11 is 0. The predicted octanol–water partition coefficient (Wildman–Crippen LogP) is -0.125. The molecule has 0 radical (unpaired) electrons. The number of amides is 1. The van der Waals surface area contributed by atoms with Crippen molar-refractivity contribution < 1.29 is 9.53 Å². The number of rotatable bonds is 4. The molecule has 1 amide bonds. The molecule has 5 nitrogen and oxygen atoms in total. The fraction of sp³-hybridized carbons (Fsp3) is 0.917. The minimum Gasteiger partial charge on any atom is -0.379 e. The van der Waals surface area contributed by atoms with Gasteiger partial charge in [0.05, 0.1) is 25.9 Å². The van der Waals surface area contributed by atoms with Crippen LogP contribution < -0.4 is 5.32 Å². The van der Waals surface area contributed by atoms with Crippen LogP contribution in [0.2, 0.25) is 0 Å². The van der Waals surface area contributed by atoms with Gasteiger partial charge in [0, 0.05) is 25.7 Å². The highest BCUT2D eigenvalue weighted by atomic mass is 16.5. The van der Waals surface area contributed by atoms with Gasteiger partial charge in [-0.25, -0.2) is 0 Å². The Labute approximate surface area is 103 Å². The lowest BCUT2D eigenvalue weighted by Gasteiger charge is -2.35. The molecule has 2 heterocycles. The van der Waals surface area contributed by atoms with E-state index in [1.54, 1.807) is 0 Å². The van der Waals surface area contributed by atoms with Crippen LogP contribution in [0.25, 0.3) is 0 Å². The molecule has 0 aromatic rings. The Morgan fingerprint density at radius 1 is 1.47 bits per heavy atom. The van der Waals surface area contributed by atoms with Crippen LogP contribution in [0.15, 0.2) is 0 Å². The Balaban J connectivity index is 1.89. The Kier molecular flexibility index (Phi) is 4.36. The third-order valence-corrected chi connectivity index (χ3v) is 3.60. The number of ether oxygens (including phenoxy) is 1. The highest BCUT2D eigenvalue weighted by molar-refractivity contribution is 5.81. The number of nitrogens with zero attached hydrogens (tertiary/aromatic N) is 2. The lowest BCUT2D eigenvalue weighted by atomic mass is 10.2. The highest BCUT2D eigenvalue weighted by Gasteiger charge is 2.33. The van der Waals surface area contributed by atoms with E-state index in [-0.39, 0.29) is 18.1 Å². The Morgan fingerprint density at radius 2 is 2.18 bits per heavy atom. The fourth-order valence-electron chi connectivity index (χ4n) is 2.71. The van der Waals surface area contributed by atoms with Crippen molar-refractivity contribution in [3.8, 4) is 0 Å². The van der Waals surface area contributed by atoms with Gasteiger partial charge in [-0.15, -0.1) is 0 Å². The molecule has 0 saturated carbocycles. The second-order valence-corrected chi connectivity index (χ2v) is 4.87. The highest BCUT2D eigenvalue weighted by Crippen LogP contribution is 2.14. The zero-order chi connectivity index (χ0) is 12.3. The molecule has 0 aromatic carbocycles. The fourth-order valence-corrected chi connectivity index (χ4v) is 2.71. The van der Waals surface area contributed by atoms with Gasteiger partial charge < -0.3 is 9.64 Å². The van der Waals surface area contributed by atoms with Gasteiger partial charge in [-0.1, -0.05) is 6.92 Å². The summed E-state index contributed by atoms with van der Waals surface area (Å²) in [6.45, 7) is 9.30. The summed E-state index contributed by atoms with van der Waals surface area (Å²) in [6.07, 6.45) is 1.19. The van der Waals surface area contributed by atoms with Gasteiger partial charge in [0.15, 0.2) is 0 Å². The third-order valence-electron chi connectivity index (χ3n) is 3.60. The first-order valence-corrected chi connectivity index (χ1v) is 6.57. The topological polar surface area (TPSA) is 44.8 Å². The van der Waals surface area contributed by atoms with Crippen LogP contribution in [0.3, 0.4) is 0 Å². The van der Waals surface area contributed by atoms with E-state index in [4.69, 9.17) is 4.74 Å². The first-order chi connectivity index (χ1) is 8.22. The molecule has 2 fully saturated rings. The summed E-state index contributed by atoms with van der Waals surface area (Å²) in [4.78, 5) is 16.2. The van der Waals surface area contributed by atoms with E-state index in [2.05, 4.69) is 24.1 Å². The van der Waals surface area contributed by atoms with Crippen LogP contribution in [-0.4, -0.2) is 67.3 Å². The van der Waals surface area contributed by atoms with Gasteiger partial charge >= 0.3 is 0 Å². The lowest BCUT2D eigenvalue weighted by Crippen LogP contribution is -2.50. The first-order valence-electron chi connectivity index (χ1n) is 6.57. The van der Waals surface area contributed by atoms with Crippen molar-refractivity contribution >= 4 is 5.91 Å². The van der Waals surface area contributed by atoms with Crippen molar-refractivity contribution in [2.75, 3.05) is 39.4 Å². The molecule has 17 heavy (non-hydrogen) atoms. The van der Waals surface area contributed by atoms with Gasteiger partial charge in [-0.2, -0.15) is 0 Å². The molecule has 2 atom stereocenters. The van der Waals surface area contributed by atoms with Crippen LogP contribution in [0.4, 0.5) is 0 Å². The van der Waals surface area contributed by atoms with E-state index < -0.39 is 0 Å². The van der Waals surface area contributed by atoms with E-state index in [1.165, 1.54) is 0 Å². The minimum atomic E-state index is 0.221. The standard InChI is InChI=1S/C12H23N3O2/c1-3-11-13-8-12(16)15(11)10(2)9-14-4-6-17-7-5-14/h10-11,13H,3-9H2,1-2H3. The van der Waals surface area contributed by atoms with Crippen molar-refractivity contribution in [1.82, 2.24) is 15.1 Å². The summed E-state index contributed by atoms with van der Waals surface area (Å²) in [5.41, 5.74) is 0. The molecule has 1 N–H and O–H groups in total. The maximum atomic E-state index is 11.8. The predicted molar refractivity (Wildman–Crippen MR) is 65.6 cm³/mol. The van der Waals surface area contributed by atoms with Crippen LogP contribution in [0.1, 0.15) is 20.3 Å². The second kappa shape index (κ2) is 5.80. The smallest absolute Gasteiger partial charge is 0.238 e. The lowest BCUT2D eigenvalue weighted by molar-refractivity contribution is -0.130. The molecule has 0 aliphatic carbocycles. The van der Waals surface area contributed by atoms with E-state index in [1.807, 2.05) is 4.90 Å². The molecule has 2 aliphatic rings. The number of carbonyl (C=O) groups excluding carboxylic acids is 1. The van der Waals surface area contributed by atoms with Crippen molar-refractivity contribution in [3.63, 3.8) is 0 Å². The molecule has 2 unspecified atom stereocenters. The first kappa shape index (κ1) is 12.8. The maximum absolute atomic E-state index is 11.8. The van der Waals surface area contributed by atoms with Crippen molar-refractivity contribution in [2.24, 2.45) is 0 Å². The van der Waals surface area contributed by atoms with E-state index in [0.29, 0.717) is 6.54 Å². The molecule has 98 valence electrons. The number of hydrogen-bond acceptors (Lipinski definition) is 4. The third kappa shape index (κ3) is 2.97. The monoisotopic (exact) mass is 241 g/mol. The molecular formula is C12H23N3O2. The summed E-state index contributed by atoms with van der Waals surface area (Å²) in [5, 5.41) is 3.26. The van der Waals surface area contributed by atoms with Gasteiger partial charge in [0.1, 0.15) is 0 Å². The molecule has 2 rings (SSSR count).